The molecule has 0 rings (SSSR count). The van der Waals surface area contributed by atoms with E-state index >= 15 is 0 Å². The predicted molar refractivity (Wildman–Crippen MR) is 42.0 cm³/mol. The number of rotatable bonds is 5. The Labute approximate surface area is 67.7 Å². The molecule has 0 fully saturated rings. The van der Waals surface area contributed by atoms with Crippen LogP contribution in [0.25, 0.3) is 0 Å². The van der Waals surface area contributed by atoms with Crippen molar-refractivity contribution in [2.75, 3.05) is 13.2 Å². The molecule has 0 amide bonds. The van der Waals surface area contributed by atoms with Crippen molar-refractivity contribution in [2.45, 2.75) is 26.4 Å². The van der Waals surface area contributed by atoms with Crippen LogP contribution in [0.15, 0.2) is 0 Å². The van der Waals surface area contributed by atoms with Gasteiger partial charge in [-0.2, -0.15) is 0 Å². The summed E-state index contributed by atoms with van der Waals surface area (Å²) in [6.07, 6.45) is 0.589. The molecule has 1 atom stereocenters. The Hall–Kier alpha value is -0.570. The molecule has 0 aliphatic carbocycles. The zero-order valence-electron chi connectivity index (χ0n) is 7.13. The van der Waals surface area contributed by atoms with Crippen molar-refractivity contribution in [1.82, 2.24) is 0 Å². The molecular weight excluding hydrogens is 144 g/mol. The van der Waals surface area contributed by atoms with Crippen LogP contribution >= 0.6 is 0 Å². The van der Waals surface area contributed by atoms with Gasteiger partial charge in [0.2, 0.25) is 0 Å². The van der Waals surface area contributed by atoms with Crippen molar-refractivity contribution in [1.29, 1.82) is 0 Å². The molecule has 0 aliphatic heterocycles. The molecule has 65 valence electrons. The third-order valence-electron chi connectivity index (χ3n) is 0.985. The zero-order chi connectivity index (χ0) is 8.69. The molecule has 3 heteroatoms. The van der Waals surface area contributed by atoms with Crippen LogP contribution < -0.4 is 0 Å². The Bertz CT molecular complexity index is 112. The summed E-state index contributed by atoms with van der Waals surface area (Å²) in [7, 11) is 0. The molecule has 0 heterocycles. The van der Waals surface area contributed by atoms with Crippen molar-refractivity contribution in [3.8, 4) is 0 Å². The summed E-state index contributed by atoms with van der Waals surface area (Å²) in [6, 6.07) is 0. The molecule has 0 aliphatic rings. The lowest BCUT2D eigenvalue weighted by atomic mass is 10.4. The van der Waals surface area contributed by atoms with Crippen LogP contribution in [0.4, 0.5) is 0 Å². The lowest BCUT2D eigenvalue weighted by Gasteiger charge is -2.10. The third kappa shape index (κ3) is 7.33. The first-order valence-corrected chi connectivity index (χ1v) is 3.74. The standard InChI is InChI=1S/C8H15O3/c1-4-5-10-6-7(2)11-8(3)9/h7H,2,4-6H2,1,3H3. The topological polar surface area (TPSA) is 35.5 Å². The first-order valence-electron chi connectivity index (χ1n) is 3.74. The number of carbonyl (C=O) groups is 1. The largest absolute Gasteiger partial charge is 0.460 e. The smallest absolute Gasteiger partial charge is 0.302 e. The van der Waals surface area contributed by atoms with Crippen LogP contribution in [0.5, 0.6) is 0 Å². The highest BCUT2D eigenvalue weighted by molar-refractivity contribution is 5.66. The molecule has 11 heavy (non-hydrogen) atoms. The first-order chi connectivity index (χ1) is 5.16. The van der Waals surface area contributed by atoms with Crippen LogP contribution in [0.2, 0.25) is 0 Å². The van der Waals surface area contributed by atoms with Gasteiger partial charge in [-0.05, 0) is 13.3 Å². The SMILES string of the molecule is [CH2]C(COCCC)OC(C)=O. The normalized spacial score (nSPS) is 12.6. The molecule has 0 bridgehead atoms. The summed E-state index contributed by atoms with van der Waals surface area (Å²) >= 11 is 0. The Kier molecular flexibility index (Phi) is 5.84. The van der Waals surface area contributed by atoms with Crippen LogP contribution in [-0.2, 0) is 14.3 Å². The molecule has 0 N–H and O–H groups in total. The molecular formula is C8H15O3. The fourth-order valence-corrected chi connectivity index (χ4v) is 0.628. The molecule has 1 radical (unpaired) electrons. The van der Waals surface area contributed by atoms with Crippen LogP contribution in [0.1, 0.15) is 20.3 Å². The number of hydrogen-bond acceptors (Lipinski definition) is 3. The van der Waals surface area contributed by atoms with E-state index in [-0.39, 0.29) is 12.1 Å². The number of carbonyl (C=O) groups excluding carboxylic acids is 1. The van der Waals surface area contributed by atoms with E-state index in [2.05, 4.69) is 6.92 Å². The average molecular weight is 159 g/mol. The second-order valence-electron chi connectivity index (χ2n) is 2.31. The summed E-state index contributed by atoms with van der Waals surface area (Å²) in [6.45, 7) is 8.03. The van der Waals surface area contributed by atoms with E-state index in [9.17, 15) is 4.79 Å². The maximum Gasteiger partial charge on any atom is 0.302 e. The fraction of sp³-hybridized carbons (Fsp3) is 0.750. The van der Waals surface area contributed by atoms with Gasteiger partial charge in [0.05, 0.1) is 6.61 Å². The molecule has 0 aromatic rings. The predicted octanol–water partition coefficient (Wildman–Crippen LogP) is 1.18. The van der Waals surface area contributed by atoms with E-state index in [0.29, 0.717) is 13.2 Å². The molecule has 0 aromatic heterocycles. The van der Waals surface area contributed by atoms with Gasteiger partial charge in [-0.3, -0.25) is 4.79 Å². The van der Waals surface area contributed by atoms with E-state index < -0.39 is 0 Å². The average Bonchev–Trinajstić information content (AvgIpc) is 1.86. The van der Waals surface area contributed by atoms with Crippen LogP contribution in [0, 0.1) is 6.92 Å². The van der Waals surface area contributed by atoms with E-state index in [1.165, 1.54) is 6.92 Å². The third-order valence-corrected chi connectivity index (χ3v) is 0.985. The van der Waals surface area contributed by atoms with Crippen LogP contribution in [-0.4, -0.2) is 25.3 Å². The summed E-state index contributed by atoms with van der Waals surface area (Å²) in [5.74, 6) is -0.315. The summed E-state index contributed by atoms with van der Waals surface area (Å²) in [4.78, 5) is 10.4. The van der Waals surface area contributed by atoms with Gasteiger partial charge >= 0.3 is 5.97 Å². The summed E-state index contributed by atoms with van der Waals surface area (Å²) in [5, 5.41) is 0. The van der Waals surface area contributed by atoms with Gasteiger partial charge in [0, 0.05) is 13.5 Å². The van der Waals surface area contributed by atoms with Crippen molar-refractivity contribution in [3.05, 3.63) is 6.92 Å². The maximum atomic E-state index is 10.4. The quantitative estimate of drug-likeness (QED) is 0.446. The van der Waals surface area contributed by atoms with Crippen molar-refractivity contribution in [3.63, 3.8) is 0 Å². The monoisotopic (exact) mass is 159 g/mol. The Morgan fingerprint density at radius 2 is 2.27 bits per heavy atom. The van der Waals surface area contributed by atoms with Crippen molar-refractivity contribution in [2.24, 2.45) is 0 Å². The minimum absolute atomic E-state index is 0.315. The van der Waals surface area contributed by atoms with Crippen molar-refractivity contribution < 1.29 is 14.3 Å². The van der Waals surface area contributed by atoms with Crippen LogP contribution in [0.3, 0.4) is 0 Å². The zero-order valence-corrected chi connectivity index (χ0v) is 7.13. The van der Waals surface area contributed by atoms with Gasteiger partial charge in [0.15, 0.2) is 0 Å². The summed E-state index contributed by atoms with van der Waals surface area (Å²) < 4.78 is 9.83. The molecule has 0 aromatic carbocycles. The molecule has 3 nitrogen and oxygen atoms in total. The number of hydrogen-bond donors (Lipinski definition) is 0. The minimum atomic E-state index is -0.376. The molecule has 0 spiro atoms. The van der Waals surface area contributed by atoms with E-state index in [0.717, 1.165) is 6.42 Å². The maximum absolute atomic E-state index is 10.4. The van der Waals surface area contributed by atoms with E-state index in [4.69, 9.17) is 9.47 Å². The van der Waals surface area contributed by atoms with Gasteiger partial charge in [0.1, 0.15) is 6.10 Å². The Morgan fingerprint density at radius 1 is 1.64 bits per heavy atom. The van der Waals surface area contributed by atoms with Gasteiger partial charge < -0.3 is 9.47 Å². The molecule has 0 saturated carbocycles. The Balaban J connectivity index is 3.22. The summed E-state index contributed by atoms with van der Waals surface area (Å²) in [5.41, 5.74) is 0. The van der Waals surface area contributed by atoms with E-state index in [1.54, 1.807) is 0 Å². The fourth-order valence-electron chi connectivity index (χ4n) is 0.628. The van der Waals surface area contributed by atoms with Gasteiger partial charge in [-0.1, -0.05) is 6.92 Å². The van der Waals surface area contributed by atoms with Gasteiger partial charge in [0.25, 0.3) is 0 Å². The lowest BCUT2D eigenvalue weighted by Crippen LogP contribution is -2.19. The highest BCUT2D eigenvalue weighted by atomic mass is 16.6. The highest BCUT2D eigenvalue weighted by Gasteiger charge is 2.03. The van der Waals surface area contributed by atoms with Gasteiger partial charge in [-0.15, -0.1) is 0 Å². The number of ether oxygens (including phenoxy) is 2. The second-order valence-corrected chi connectivity index (χ2v) is 2.31. The highest BCUT2D eigenvalue weighted by Crippen LogP contribution is 1.92. The second kappa shape index (κ2) is 6.16. The first kappa shape index (κ1) is 10.4. The number of esters is 1. The molecule has 0 saturated heterocycles. The van der Waals surface area contributed by atoms with Gasteiger partial charge in [-0.25, -0.2) is 0 Å². The minimum Gasteiger partial charge on any atom is -0.460 e. The Morgan fingerprint density at radius 3 is 2.73 bits per heavy atom. The molecule has 1 unspecified atom stereocenters. The van der Waals surface area contributed by atoms with Crippen molar-refractivity contribution >= 4 is 5.97 Å². The van der Waals surface area contributed by atoms with E-state index in [1.807, 2.05) is 6.92 Å². The lowest BCUT2D eigenvalue weighted by molar-refractivity contribution is -0.146.